The van der Waals surface area contributed by atoms with Crippen LogP contribution in [-0.4, -0.2) is 57.2 Å². The molecule has 0 radical (unpaired) electrons. The molecule has 0 unspecified atom stereocenters. The van der Waals surface area contributed by atoms with Crippen molar-refractivity contribution in [3.05, 3.63) is 22.5 Å². The minimum Gasteiger partial charge on any atom is -0.342 e. The van der Waals surface area contributed by atoms with Crippen LogP contribution in [-0.2, 0) is 4.79 Å². The second kappa shape index (κ2) is 6.35. The van der Waals surface area contributed by atoms with Gasteiger partial charge in [0.25, 0.3) is 5.91 Å². The first-order chi connectivity index (χ1) is 12.7. The molecule has 2 aliphatic rings. The molecule has 0 spiro atoms. The van der Waals surface area contributed by atoms with Crippen molar-refractivity contribution in [3.8, 4) is 0 Å². The Labute approximate surface area is 159 Å². The molecule has 0 aromatic carbocycles. The van der Waals surface area contributed by atoms with Gasteiger partial charge in [-0.2, -0.15) is 0 Å². The first-order valence-corrected chi connectivity index (χ1v) is 10.8. The van der Waals surface area contributed by atoms with Gasteiger partial charge in [-0.05, 0) is 31.7 Å². The zero-order chi connectivity index (χ0) is 17.7. The van der Waals surface area contributed by atoms with E-state index < -0.39 is 0 Å². The van der Waals surface area contributed by atoms with Crippen molar-refractivity contribution in [2.45, 2.75) is 25.7 Å². The fourth-order valence-corrected chi connectivity index (χ4v) is 5.80. The van der Waals surface area contributed by atoms with Crippen molar-refractivity contribution < 1.29 is 9.59 Å². The van der Waals surface area contributed by atoms with Crippen LogP contribution in [0.5, 0.6) is 0 Å². The number of thiophene rings is 1. The average molecular weight is 389 g/mol. The third-order valence-electron chi connectivity index (χ3n) is 5.50. The van der Waals surface area contributed by atoms with E-state index in [1.165, 1.54) is 11.3 Å². The summed E-state index contributed by atoms with van der Waals surface area (Å²) in [6, 6.07) is 1.95. The summed E-state index contributed by atoms with van der Waals surface area (Å²) >= 11 is 3.07. The van der Waals surface area contributed by atoms with E-state index in [0.29, 0.717) is 19.0 Å². The van der Waals surface area contributed by atoms with Gasteiger partial charge in [0.2, 0.25) is 5.91 Å². The van der Waals surface area contributed by atoms with Crippen LogP contribution in [0, 0.1) is 5.92 Å². The van der Waals surface area contributed by atoms with Gasteiger partial charge < -0.3 is 9.80 Å². The first kappa shape index (κ1) is 16.3. The lowest BCUT2D eigenvalue weighted by atomic mass is 9.95. The second-order valence-electron chi connectivity index (χ2n) is 7.07. The van der Waals surface area contributed by atoms with Gasteiger partial charge in [-0.1, -0.05) is 0 Å². The zero-order valence-electron chi connectivity index (χ0n) is 14.4. The first-order valence-electron chi connectivity index (χ1n) is 9.14. The van der Waals surface area contributed by atoms with E-state index in [1.54, 1.807) is 11.3 Å². The predicted octanol–water partition coefficient (Wildman–Crippen LogP) is 3.09. The van der Waals surface area contributed by atoms with Gasteiger partial charge in [0.1, 0.15) is 4.83 Å². The van der Waals surface area contributed by atoms with Crippen LogP contribution in [0.15, 0.2) is 17.6 Å². The van der Waals surface area contributed by atoms with E-state index in [-0.39, 0.29) is 11.8 Å². The maximum atomic E-state index is 12.9. The molecule has 3 aromatic heterocycles. The van der Waals surface area contributed by atoms with Crippen LogP contribution in [0.3, 0.4) is 0 Å². The highest BCUT2D eigenvalue weighted by atomic mass is 32.1. The summed E-state index contributed by atoms with van der Waals surface area (Å²) in [5, 5.41) is 2.00. The molecule has 2 amide bonds. The summed E-state index contributed by atoms with van der Waals surface area (Å²) in [5.41, 5.74) is 1.01. The SMILES string of the molecule is O=C(c1cc2c(nc3sccn32)s1)N1CCC(C(=O)N2CCCC2)CC1. The molecule has 8 heteroatoms. The number of thiazole rings is 1. The van der Waals surface area contributed by atoms with Gasteiger partial charge in [0, 0.05) is 43.7 Å². The second-order valence-corrected chi connectivity index (χ2v) is 8.97. The van der Waals surface area contributed by atoms with Gasteiger partial charge in [0.05, 0.1) is 10.4 Å². The Balaban J connectivity index is 1.28. The smallest absolute Gasteiger partial charge is 0.264 e. The van der Waals surface area contributed by atoms with Crippen LogP contribution in [0.4, 0.5) is 0 Å². The van der Waals surface area contributed by atoms with Crippen LogP contribution >= 0.6 is 22.7 Å². The van der Waals surface area contributed by atoms with Crippen LogP contribution < -0.4 is 0 Å². The largest absolute Gasteiger partial charge is 0.342 e. The lowest BCUT2D eigenvalue weighted by Gasteiger charge is -2.32. The molecule has 26 heavy (non-hydrogen) atoms. The molecule has 136 valence electrons. The molecule has 0 atom stereocenters. The Morgan fingerprint density at radius 1 is 1.08 bits per heavy atom. The molecule has 0 N–H and O–H groups in total. The molecule has 2 aliphatic heterocycles. The predicted molar refractivity (Wildman–Crippen MR) is 103 cm³/mol. The summed E-state index contributed by atoms with van der Waals surface area (Å²) in [4.78, 5) is 36.5. The molecule has 2 fully saturated rings. The Kier molecular flexibility index (Phi) is 3.97. The van der Waals surface area contributed by atoms with Crippen molar-refractivity contribution in [3.63, 3.8) is 0 Å². The van der Waals surface area contributed by atoms with Gasteiger partial charge in [-0.25, -0.2) is 4.98 Å². The normalized spacial score (nSPS) is 19.1. The van der Waals surface area contributed by atoms with Gasteiger partial charge in [0.15, 0.2) is 4.96 Å². The van der Waals surface area contributed by atoms with Crippen molar-refractivity contribution in [1.82, 2.24) is 19.2 Å². The Morgan fingerprint density at radius 3 is 2.62 bits per heavy atom. The van der Waals surface area contributed by atoms with Crippen molar-refractivity contribution in [1.29, 1.82) is 0 Å². The summed E-state index contributed by atoms with van der Waals surface area (Å²) in [7, 11) is 0. The summed E-state index contributed by atoms with van der Waals surface area (Å²) < 4.78 is 2.04. The quantitative estimate of drug-likeness (QED) is 0.678. The number of imidazole rings is 1. The number of likely N-dealkylation sites (tertiary alicyclic amines) is 2. The number of rotatable bonds is 2. The van der Waals surface area contributed by atoms with Gasteiger partial charge in [-0.3, -0.25) is 14.0 Å². The Hall–Kier alpha value is -1.93. The number of hydrogen-bond donors (Lipinski definition) is 0. The number of amides is 2. The van der Waals surface area contributed by atoms with Crippen LogP contribution in [0.25, 0.3) is 15.3 Å². The monoisotopic (exact) mass is 388 g/mol. The molecule has 2 saturated heterocycles. The minimum absolute atomic E-state index is 0.0732. The standard InChI is InChI=1S/C18H20N4O2S2/c23-16(20-5-1-2-6-20)12-3-7-21(8-4-12)17(24)14-11-13-15(26-14)19-18-22(13)9-10-25-18/h9-12H,1-8H2. The van der Waals surface area contributed by atoms with E-state index in [2.05, 4.69) is 4.98 Å². The van der Waals surface area contributed by atoms with Crippen molar-refractivity contribution in [2.75, 3.05) is 26.2 Å². The molecule has 0 saturated carbocycles. The topological polar surface area (TPSA) is 57.9 Å². The lowest BCUT2D eigenvalue weighted by molar-refractivity contribution is -0.135. The van der Waals surface area contributed by atoms with E-state index in [4.69, 9.17) is 0 Å². The molecule has 5 rings (SSSR count). The summed E-state index contributed by atoms with van der Waals surface area (Å²) in [6.45, 7) is 3.15. The van der Waals surface area contributed by atoms with Crippen LogP contribution in [0.1, 0.15) is 35.4 Å². The molecule has 5 heterocycles. The lowest BCUT2D eigenvalue weighted by Crippen LogP contribution is -2.43. The van der Waals surface area contributed by atoms with E-state index in [0.717, 1.165) is 59.0 Å². The number of nitrogens with zero attached hydrogens (tertiary/aromatic N) is 4. The minimum atomic E-state index is 0.0732. The zero-order valence-corrected chi connectivity index (χ0v) is 16.0. The summed E-state index contributed by atoms with van der Waals surface area (Å²) in [6.07, 6.45) is 5.80. The molecular weight excluding hydrogens is 368 g/mol. The van der Waals surface area contributed by atoms with Gasteiger partial charge >= 0.3 is 0 Å². The van der Waals surface area contributed by atoms with E-state index >= 15 is 0 Å². The number of aromatic nitrogens is 2. The third kappa shape index (κ3) is 2.63. The van der Waals surface area contributed by atoms with Crippen LogP contribution in [0.2, 0.25) is 0 Å². The van der Waals surface area contributed by atoms with Gasteiger partial charge in [-0.15, -0.1) is 22.7 Å². The fraction of sp³-hybridized carbons (Fsp3) is 0.500. The van der Waals surface area contributed by atoms with E-state index in [9.17, 15) is 9.59 Å². The van der Waals surface area contributed by atoms with Crippen molar-refractivity contribution in [2.24, 2.45) is 5.92 Å². The Bertz CT molecular complexity index is 974. The molecule has 0 bridgehead atoms. The average Bonchev–Trinajstić information content (AvgIpc) is 3.42. The highest BCUT2D eigenvalue weighted by Crippen LogP contribution is 2.30. The number of fused-ring (bicyclic) bond motifs is 3. The highest BCUT2D eigenvalue weighted by Gasteiger charge is 2.32. The van der Waals surface area contributed by atoms with E-state index in [1.807, 2.05) is 31.8 Å². The molecule has 0 aliphatic carbocycles. The third-order valence-corrected chi connectivity index (χ3v) is 7.26. The Morgan fingerprint density at radius 2 is 1.85 bits per heavy atom. The highest BCUT2D eigenvalue weighted by molar-refractivity contribution is 7.21. The fourth-order valence-electron chi connectivity index (χ4n) is 4.03. The number of hydrogen-bond acceptors (Lipinski definition) is 5. The summed E-state index contributed by atoms with van der Waals surface area (Å²) in [5.74, 6) is 0.457. The number of carbonyl (C=O) groups excluding carboxylic acids is 2. The molecule has 3 aromatic rings. The van der Waals surface area contributed by atoms with Crippen molar-refractivity contribution >= 4 is 49.8 Å². The maximum absolute atomic E-state index is 12.9. The molecular formula is C18H20N4O2S2. The molecule has 6 nitrogen and oxygen atoms in total. The number of piperidine rings is 1. The number of carbonyl (C=O) groups is 2. The maximum Gasteiger partial charge on any atom is 0.264 e.